The first kappa shape index (κ1) is 20.0. The Hall–Kier alpha value is -2.34. The van der Waals surface area contributed by atoms with Crippen LogP contribution in [0.4, 0.5) is 19.0 Å². The predicted molar refractivity (Wildman–Crippen MR) is 88.0 cm³/mol. The summed E-state index contributed by atoms with van der Waals surface area (Å²) in [6.07, 6.45) is 2.32. The van der Waals surface area contributed by atoms with Crippen molar-refractivity contribution >= 4 is 33.6 Å². The highest BCUT2D eigenvalue weighted by Crippen LogP contribution is 2.38. The maximum absolute atomic E-state index is 12.6. The first-order valence-electron chi connectivity index (χ1n) is 6.85. The quantitative estimate of drug-likeness (QED) is 0.581. The number of carbonyl (C=O) groups is 1. The zero-order valence-corrected chi connectivity index (χ0v) is 14.8. The molecule has 0 saturated heterocycles. The van der Waals surface area contributed by atoms with Gasteiger partial charge in [0, 0.05) is 17.3 Å². The molecule has 1 aromatic heterocycles. The van der Waals surface area contributed by atoms with Gasteiger partial charge < -0.3 is 4.74 Å². The Morgan fingerprint density at radius 1 is 1.23 bits per heavy atom. The number of anilines is 1. The summed E-state index contributed by atoms with van der Waals surface area (Å²) in [6, 6.07) is 5.24. The molecule has 2 rings (SSSR count). The lowest BCUT2D eigenvalue weighted by Gasteiger charge is -2.13. The molecule has 0 saturated carbocycles. The largest absolute Gasteiger partial charge is 0.464 e. The van der Waals surface area contributed by atoms with Crippen LogP contribution in [0.25, 0.3) is 0 Å². The number of sulfonamides is 1. The highest BCUT2D eigenvalue weighted by Gasteiger charge is 2.31. The molecule has 0 unspecified atom stereocenters. The van der Waals surface area contributed by atoms with E-state index in [-0.39, 0.29) is 22.0 Å². The average molecular weight is 407 g/mol. The summed E-state index contributed by atoms with van der Waals surface area (Å²) in [7, 11) is -3.09. The zero-order valence-electron chi connectivity index (χ0n) is 13.1. The number of halogens is 3. The molecule has 12 heteroatoms. The fourth-order valence-electron chi connectivity index (χ4n) is 1.89. The molecule has 1 aromatic carbocycles. The number of rotatable bonds is 6. The summed E-state index contributed by atoms with van der Waals surface area (Å²) in [6.45, 7) is 0. The second kappa shape index (κ2) is 7.91. The summed E-state index contributed by atoms with van der Waals surface area (Å²) in [5, 5.41) is 0. The number of ether oxygens (including phenoxy) is 1. The Balaban J connectivity index is 2.28. The highest BCUT2D eigenvalue weighted by atomic mass is 32.2. The van der Waals surface area contributed by atoms with Gasteiger partial charge in [-0.2, -0.15) is 13.2 Å². The Morgan fingerprint density at radius 2 is 1.88 bits per heavy atom. The van der Waals surface area contributed by atoms with Crippen molar-refractivity contribution in [3.05, 3.63) is 47.9 Å². The van der Waals surface area contributed by atoms with Crippen LogP contribution in [0.5, 0.6) is 0 Å². The topological polar surface area (TPSA) is 98.2 Å². The van der Waals surface area contributed by atoms with Crippen molar-refractivity contribution < 1.29 is 31.1 Å². The Labute approximate surface area is 151 Å². The molecule has 0 atom stereocenters. The number of esters is 1. The summed E-state index contributed by atoms with van der Waals surface area (Å²) in [5.74, 6) is -2.03. The number of carbonyl (C=O) groups excluding carboxylic acids is 1. The van der Waals surface area contributed by atoms with Crippen LogP contribution < -0.4 is 4.72 Å². The molecule has 0 aliphatic heterocycles. The fraction of sp³-hybridized carbons (Fsp3) is 0.214. The van der Waals surface area contributed by atoms with Crippen molar-refractivity contribution in [2.45, 2.75) is 16.2 Å². The summed E-state index contributed by atoms with van der Waals surface area (Å²) in [4.78, 5) is 18.8. The van der Waals surface area contributed by atoms with E-state index in [0.717, 1.165) is 13.3 Å². The molecule has 0 fully saturated rings. The molecule has 0 spiro atoms. The van der Waals surface area contributed by atoms with Crippen LogP contribution in [0.15, 0.2) is 41.6 Å². The van der Waals surface area contributed by atoms with Crippen molar-refractivity contribution in [2.75, 3.05) is 11.8 Å². The lowest BCUT2D eigenvalue weighted by Crippen LogP contribution is -2.20. The number of methoxy groups -OCH3 is 1. The monoisotopic (exact) mass is 407 g/mol. The number of aromatic nitrogens is 2. The molecule has 140 valence electrons. The van der Waals surface area contributed by atoms with E-state index >= 15 is 0 Å². The van der Waals surface area contributed by atoms with Gasteiger partial charge in [-0.15, -0.1) is 0 Å². The van der Waals surface area contributed by atoms with Crippen LogP contribution in [-0.4, -0.2) is 37.0 Å². The Kier molecular flexibility index (Phi) is 6.08. The van der Waals surface area contributed by atoms with Gasteiger partial charge in [-0.25, -0.2) is 23.2 Å². The van der Waals surface area contributed by atoms with Gasteiger partial charge in [0.1, 0.15) is 0 Å². The third-order valence-corrected chi connectivity index (χ3v) is 4.92. The van der Waals surface area contributed by atoms with Gasteiger partial charge in [0.15, 0.2) is 11.5 Å². The molecule has 0 aliphatic carbocycles. The third kappa shape index (κ3) is 5.59. The SMILES string of the molecule is COC(=O)c1nccnc1NS(=O)(=O)Cc1ccccc1SC(F)(F)F. The minimum absolute atomic E-state index is 0.0502. The van der Waals surface area contributed by atoms with Crippen LogP contribution in [0.3, 0.4) is 0 Å². The van der Waals surface area contributed by atoms with Crippen molar-refractivity contribution in [3.63, 3.8) is 0 Å². The number of nitrogens with zero attached hydrogens (tertiary/aromatic N) is 2. The van der Waals surface area contributed by atoms with E-state index in [1.54, 1.807) is 0 Å². The Morgan fingerprint density at radius 3 is 2.54 bits per heavy atom. The first-order chi connectivity index (χ1) is 12.1. The fourth-order valence-corrected chi connectivity index (χ4v) is 3.83. The van der Waals surface area contributed by atoms with Crippen LogP contribution in [-0.2, 0) is 20.5 Å². The van der Waals surface area contributed by atoms with E-state index in [4.69, 9.17) is 0 Å². The zero-order chi connectivity index (χ0) is 19.4. The number of hydrogen-bond acceptors (Lipinski definition) is 7. The van der Waals surface area contributed by atoms with E-state index in [1.165, 1.54) is 30.5 Å². The van der Waals surface area contributed by atoms with Crippen molar-refractivity contribution in [2.24, 2.45) is 0 Å². The van der Waals surface area contributed by atoms with Crippen molar-refractivity contribution in [1.82, 2.24) is 9.97 Å². The number of thioether (sulfide) groups is 1. The number of alkyl halides is 3. The van der Waals surface area contributed by atoms with Gasteiger partial charge >= 0.3 is 11.5 Å². The summed E-state index contributed by atoms with van der Waals surface area (Å²) < 4.78 is 69.0. The maximum atomic E-state index is 12.6. The second-order valence-electron chi connectivity index (χ2n) is 4.76. The van der Waals surface area contributed by atoms with E-state index in [1.807, 2.05) is 4.72 Å². The number of hydrogen-bond donors (Lipinski definition) is 1. The molecule has 0 amide bonds. The van der Waals surface area contributed by atoms with Crippen LogP contribution in [0.1, 0.15) is 16.1 Å². The van der Waals surface area contributed by atoms with Gasteiger partial charge in [-0.1, -0.05) is 18.2 Å². The van der Waals surface area contributed by atoms with Crippen LogP contribution in [0.2, 0.25) is 0 Å². The van der Waals surface area contributed by atoms with Gasteiger partial charge in [-0.05, 0) is 23.4 Å². The van der Waals surface area contributed by atoms with Gasteiger partial charge in [-0.3, -0.25) is 4.72 Å². The van der Waals surface area contributed by atoms with Gasteiger partial charge in [0.2, 0.25) is 10.0 Å². The van der Waals surface area contributed by atoms with Gasteiger partial charge in [0.05, 0.1) is 12.9 Å². The first-order valence-corrected chi connectivity index (χ1v) is 9.31. The molecular formula is C14H12F3N3O4S2. The molecule has 0 radical (unpaired) electrons. The van der Waals surface area contributed by atoms with E-state index < -0.39 is 39.0 Å². The molecule has 1 N–H and O–H groups in total. The summed E-state index contributed by atoms with van der Waals surface area (Å²) >= 11 is -0.408. The molecule has 0 aliphatic rings. The van der Waals surface area contributed by atoms with E-state index in [0.29, 0.717) is 0 Å². The molecule has 2 aromatic rings. The second-order valence-corrected chi connectivity index (χ2v) is 7.59. The van der Waals surface area contributed by atoms with Crippen molar-refractivity contribution in [1.29, 1.82) is 0 Å². The minimum Gasteiger partial charge on any atom is -0.464 e. The summed E-state index contributed by atoms with van der Waals surface area (Å²) in [5.41, 5.74) is -4.97. The van der Waals surface area contributed by atoms with Crippen LogP contribution in [0, 0.1) is 0 Å². The lowest BCUT2D eigenvalue weighted by atomic mass is 10.2. The van der Waals surface area contributed by atoms with Crippen molar-refractivity contribution in [3.8, 4) is 0 Å². The normalized spacial score (nSPS) is 11.8. The molecule has 0 bridgehead atoms. The van der Waals surface area contributed by atoms with E-state index in [9.17, 15) is 26.4 Å². The lowest BCUT2D eigenvalue weighted by molar-refractivity contribution is -0.0328. The molecule has 1 heterocycles. The Bertz CT molecular complexity index is 904. The average Bonchev–Trinajstić information content (AvgIpc) is 2.54. The maximum Gasteiger partial charge on any atom is 0.446 e. The standard InChI is InChI=1S/C14H12F3N3O4S2/c1-24-13(21)11-12(19-7-6-18-11)20-26(22,23)8-9-4-2-3-5-10(9)25-14(15,16)17/h2-7H,8H2,1H3,(H,19,20). The highest BCUT2D eigenvalue weighted by molar-refractivity contribution is 8.00. The molecule has 26 heavy (non-hydrogen) atoms. The minimum atomic E-state index is -4.56. The number of benzene rings is 1. The molecule has 7 nitrogen and oxygen atoms in total. The number of nitrogens with one attached hydrogen (secondary N) is 1. The molecular weight excluding hydrogens is 395 g/mol. The third-order valence-electron chi connectivity index (χ3n) is 2.87. The van der Waals surface area contributed by atoms with E-state index in [2.05, 4.69) is 14.7 Å². The predicted octanol–water partition coefficient (Wildman–Crippen LogP) is 2.82. The van der Waals surface area contributed by atoms with Crippen LogP contribution >= 0.6 is 11.8 Å². The smallest absolute Gasteiger partial charge is 0.446 e. The van der Waals surface area contributed by atoms with Gasteiger partial charge in [0.25, 0.3) is 0 Å².